The molecule has 0 unspecified atom stereocenters. The van der Waals surface area contributed by atoms with Crippen LogP contribution in [0.15, 0.2) is 23.0 Å². The van der Waals surface area contributed by atoms with Crippen LogP contribution in [0.25, 0.3) is 11.5 Å². The summed E-state index contributed by atoms with van der Waals surface area (Å²) in [6, 6.07) is 1.40. The lowest BCUT2D eigenvalue weighted by Gasteiger charge is -2.14. The summed E-state index contributed by atoms with van der Waals surface area (Å²) in [5.41, 5.74) is 0.196. The van der Waals surface area contributed by atoms with E-state index < -0.39 is 25.6 Å². The molecule has 2 aromatic heterocycles. The lowest BCUT2D eigenvalue weighted by atomic mass is 10.2. The zero-order valence-electron chi connectivity index (χ0n) is 10.3. The Bertz CT molecular complexity index is 606. The molecule has 0 radical (unpaired) electrons. The maximum atomic E-state index is 12.6. The highest BCUT2D eigenvalue weighted by Crippen LogP contribution is 2.26. The second-order valence-corrected chi connectivity index (χ2v) is 3.96. The number of hydrogen-bond acceptors (Lipinski definition) is 6. The average molecular weight is 307 g/mol. The molecule has 0 fully saturated rings. The van der Waals surface area contributed by atoms with Crippen LogP contribution in [0.2, 0.25) is 0 Å². The van der Waals surface area contributed by atoms with Gasteiger partial charge in [-0.15, -0.1) is 0 Å². The van der Waals surface area contributed by atoms with Crippen LogP contribution < -0.4 is 0 Å². The van der Waals surface area contributed by atoms with Crippen LogP contribution in [0.5, 0.6) is 5.75 Å². The highest BCUT2D eigenvalue weighted by atomic mass is 19.3. The Morgan fingerprint density at radius 3 is 2.81 bits per heavy atom. The monoisotopic (exact) mass is 307 g/mol. The third-order valence-corrected chi connectivity index (χ3v) is 2.34. The molecule has 0 aliphatic rings. The fourth-order valence-corrected chi connectivity index (χ4v) is 1.33. The normalized spacial score (nSPS) is 12.0. The molecule has 0 amide bonds. The first-order valence-corrected chi connectivity index (χ1v) is 5.60. The summed E-state index contributed by atoms with van der Waals surface area (Å²) in [5.74, 6) is -4.64. The first-order chi connectivity index (χ1) is 9.90. The molecule has 1 N–H and O–H groups in total. The Balaban J connectivity index is 1.97. The van der Waals surface area contributed by atoms with E-state index in [1.54, 1.807) is 0 Å². The van der Waals surface area contributed by atoms with Crippen molar-refractivity contribution < 1.29 is 31.9 Å². The predicted molar refractivity (Wildman–Crippen MR) is 59.8 cm³/mol. The highest BCUT2D eigenvalue weighted by Gasteiger charge is 2.41. The second-order valence-electron chi connectivity index (χ2n) is 3.96. The Hall–Kier alpha value is -2.23. The number of pyridine rings is 1. The van der Waals surface area contributed by atoms with Crippen LogP contribution in [-0.2, 0) is 11.3 Å². The van der Waals surface area contributed by atoms with Crippen LogP contribution in [0.4, 0.5) is 17.6 Å². The molecule has 0 spiro atoms. The number of aromatic hydroxyl groups is 1. The zero-order valence-corrected chi connectivity index (χ0v) is 10.3. The predicted octanol–water partition coefficient (Wildman–Crippen LogP) is 2.25. The van der Waals surface area contributed by atoms with Crippen molar-refractivity contribution in [2.24, 2.45) is 0 Å². The molecule has 114 valence electrons. The van der Waals surface area contributed by atoms with Gasteiger partial charge >= 0.3 is 12.3 Å². The van der Waals surface area contributed by atoms with Crippen molar-refractivity contribution in [3.8, 4) is 17.2 Å². The van der Waals surface area contributed by atoms with Crippen LogP contribution in [0.1, 0.15) is 5.82 Å². The number of rotatable bonds is 6. The molecule has 2 rings (SSSR count). The minimum absolute atomic E-state index is 0.0749. The van der Waals surface area contributed by atoms with Crippen molar-refractivity contribution in [3.05, 3.63) is 24.3 Å². The largest absolute Gasteiger partial charge is 0.505 e. The molecule has 6 nitrogen and oxygen atoms in total. The van der Waals surface area contributed by atoms with E-state index in [9.17, 15) is 22.7 Å². The van der Waals surface area contributed by atoms with Gasteiger partial charge in [-0.1, -0.05) is 5.16 Å². The van der Waals surface area contributed by atoms with Crippen molar-refractivity contribution >= 4 is 0 Å². The molecular weight excluding hydrogens is 298 g/mol. The SMILES string of the molecule is Oc1cnccc1-c1nc(COCC(F)(F)C(F)F)no1. The van der Waals surface area contributed by atoms with Crippen molar-refractivity contribution in [3.63, 3.8) is 0 Å². The number of hydrogen-bond donors (Lipinski definition) is 1. The highest BCUT2D eigenvalue weighted by molar-refractivity contribution is 5.60. The standard InChI is InChI=1S/C11H9F4N3O3/c12-10(13)11(14,15)5-20-4-8-17-9(21-18-8)6-1-2-16-3-7(6)19/h1-3,10,19H,4-5H2. The van der Waals surface area contributed by atoms with Crippen molar-refractivity contribution in [2.75, 3.05) is 6.61 Å². The first kappa shape index (κ1) is 15.2. The lowest BCUT2D eigenvalue weighted by Crippen LogP contribution is -2.32. The van der Waals surface area contributed by atoms with E-state index in [1.165, 1.54) is 12.3 Å². The number of halogens is 4. The molecule has 0 atom stereocenters. The van der Waals surface area contributed by atoms with E-state index in [-0.39, 0.29) is 23.0 Å². The van der Waals surface area contributed by atoms with Crippen LogP contribution in [-0.4, -0.2) is 39.2 Å². The molecule has 2 aromatic rings. The molecule has 10 heteroatoms. The van der Waals surface area contributed by atoms with Crippen LogP contribution in [0, 0.1) is 0 Å². The molecule has 2 heterocycles. The summed E-state index contributed by atoms with van der Waals surface area (Å²) in [4.78, 5) is 7.43. The van der Waals surface area contributed by atoms with Gasteiger partial charge < -0.3 is 14.4 Å². The first-order valence-electron chi connectivity index (χ1n) is 5.60. The Morgan fingerprint density at radius 1 is 1.38 bits per heavy atom. The third-order valence-electron chi connectivity index (χ3n) is 2.34. The quantitative estimate of drug-likeness (QED) is 0.824. The maximum absolute atomic E-state index is 12.6. The summed E-state index contributed by atoms with van der Waals surface area (Å²) in [6.45, 7) is -1.99. The van der Waals surface area contributed by atoms with E-state index in [0.717, 1.165) is 6.20 Å². The summed E-state index contributed by atoms with van der Waals surface area (Å²) in [5, 5.41) is 12.9. The van der Waals surface area contributed by atoms with Crippen LogP contribution in [0.3, 0.4) is 0 Å². The minimum Gasteiger partial charge on any atom is -0.505 e. The number of aromatic nitrogens is 3. The third kappa shape index (κ3) is 3.66. The Morgan fingerprint density at radius 2 is 2.14 bits per heavy atom. The van der Waals surface area contributed by atoms with Crippen LogP contribution >= 0.6 is 0 Å². The van der Waals surface area contributed by atoms with Gasteiger partial charge in [0.05, 0.1) is 11.8 Å². The molecule has 0 bridgehead atoms. The maximum Gasteiger partial charge on any atom is 0.330 e. The van der Waals surface area contributed by atoms with Gasteiger partial charge in [0.25, 0.3) is 5.89 Å². The van der Waals surface area contributed by atoms with Gasteiger partial charge in [-0.25, -0.2) is 8.78 Å². The van der Waals surface area contributed by atoms with Gasteiger partial charge in [-0.2, -0.15) is 13.8 Å². The topological polar surface area (TPSA) is 81.3 Å². The van der Waals surface area contributed by atoms with E-state index in [0.29, 0.717) is 0 Å². The fraction of sp³-hybridized carbons (Fsp3) is 0.364. The Labute approximate surface area is 115 Å². The van der Waals surface area contributed by atoms with Gasteiger partial charge in [-0.05, 0) is 6.07 Å². The van der Waals surface area contributed by atoms with Gasteiger partial charge in [0.15, 0.2) is 5.82 Å². The number of alkyl halides is 4. The Kier molecular flexibility index (Phi) is 4.36. The van der Waals surface area contributed by atoms with E-state index in [2.05, 4.69) is 19.9 Å². The number of nitrogens with zero attached hydrogens (tertiary/aromatic N) is 3. The smallest absolute Gasteiger partial charge is 0.330 e. The van der Waals surface area contributed by atoms with Gasteiger partial charge in [-0.3, -0.25) is 4.98 Å². The minimum atomic E-state index is -4.24. The molecule has 0 saturated heterocycles. The second kappa shape index (κ2) is 6.04. The van der Waals surface area contributed by atoms with Gasteiger partial charge in [0.1, 0.15) is 19.0 Å². The molecule has 21 heavy (non-hydrogen) atoms. The van der Waals surface area contributed by atoms with Crippen molar-refractivity contribution in [1.29, 1.82) is 0 Å². The van der Waals surface area contributed by atoms with E-state index in [4.69, 9.17) is 4.52 Å². The summed E-state index contributed by atoms with van der Waals surface area (Å²) >= 11 is 0. The molecule has 0 aliphatic heterocycles. The zero-order chi connectivity index (χ0) is 15.5. The summed E-state index contributed by atoms with van der Waals surface area (Å²) < 4.78 is 58.2. The molecule has 0 aliphatic carbocycles. The fourth-order valence-electron chi connectivity index (χ4n) is 1.33. The van der Waals surface area contributed by atoms with E-state index >= 15 is 0 Å². The molecular formula is C11H9F4N3O3. The van der Waals surface area contributed by atoms with Crippen molar-refractivity contribution in [1.82, 2.24) is 15.1 Å². The average Bonchev–Trinajstić information content (AvgIpc) is 2.87. The summed E-state index contributed by atoms with van der Waals surface area (Å²) in [7, 11) is 0. The lowest BCUT2D eigenvalue weighted by molar-refractivity contribution is -0.168. The number of ether oxygens (including phenoxy) is 1. The van der Waals surface area contributed by atoms with E-state index in [1.807, 2.05) is 0 Å². The van der Waals surface area contributed by atoms with Gasteiger partial charge in [0.2, 0.25) is 0 Å². The molecule has 0 aromatic carbocycles. The van der Waals surface area contributed by atoms with Gasteiger partial charge in [0, 0.05) is 6.20 Å². The molecule has 0 saturated carbocycles. The summed E-state index contributed by atoms with van der Waals surface area (Å²) in [6.07, 6.45) is -1.29. The van der Waals surface area contributed by atoms with Crippen molar-refractivity contribution in [2.45, 2.75) is 19.0 Å².